The van der Waals surface area contributed by atoms with Crippen LogP contribution < -0.4 is 5.90 Å². The first-order valence-electron chi connectivity index (χ1n) is 4.67. The van der Waals surface area contributed by atoms with E-state index in [4.69, 9.17) is 5.90 Å². The highest BCUT2D eigenvalue weighted by atomic mass is 19.4. The van der Waals surface area contributed by atoms with Crippen LogP contribution >= 0.6 is 0 Å². The molecular formula is C11H12F3NO. The third kappa shape index (κ3) is 4.04. The van der Waals surface area contributed by atoms with Gasteiger partial charge in [-0.05, 0) is 24.1 Å². The van der Waals surface area contributed by atoms with Crippen molar-refractivity contribution in [2.75, 3.05) is 6.61 Å². The van der Waals surface area contributed by atoms with Crippen LogP contribution in [0.3, 0.4) is 0 Å². The van der Waals surface area contributed by atoms with Gasteiger partial charge in [0.1, 0.15) is 0 Å². The predicted octanol–water partition coefficient (Wildman–Crippen LogP) is 2.69. The van der Waals surface area contributed by atoms with Gasteiger partial charge in [0.2, 0.25) is 0 Å². The van der Waals surface area contributed by atoms with Gasteiger partial charge in [-0.2, -0.15) is 13.2 Å². The van der Waals surface area contributed by atoms with Gasteiger partial charge in [0, 0.05) is 0 Å². The Morgan fingerprint density at radius 2 is 1.75 bits per heavy atom. The molecule has 0 saturated carbocycles. The number of hydrogen-bond donors (Lipinski definition) is 1. The Morgan fingerprint density at radius 1 is 1.12 bits per heavy atom. The summed E-state index contributed by atoms with van der Waals surface area (Å²) >= 11 is 0. The molecule has 0 aliphatic carbocycles. The highest BCUT2D eigenvalue weighted by Crippen LogP contribution is 2.29. The molecule has 0 aliphatic rings. The topological polar surface area (TPSA) is 35.2 Å². The second-order valence-corrected chi connectivity index (χ2v) is 3.20. The molecular weight excluding hydrogens is 219 g/mol. The highest BCUT2D eigenvalue weighted by molar-refractivity contribution is 5.25. The van der Waals surface area contributed by atoms with E-state index >= 15 is 0 Å². The number of benzene rings is 1. The Bertz CT molecular complexity index is 343. The van der Waals surface area contributed by atoms with Crippen molar-refractivity contribution >= 4 is 0 Å². The van der Waals surface area contributed by atoms with E-state index in [1.165, 1.54) is 12.1 Å². The van der Waals surface area contributed by atoms with Crippen LogP contribution in [-0.2, 0) is 17.4 Å². The molecule has 0 radical (unpaired) electrons. The first-order valence-corrected chi connectivity index (χ1v) is 4.67. The summed E-state index contributed by atoms with van der Waals surface area (Å²) in [6, 6.07) is 5.05. The summed E-state index contributed by atoms with van der Waals surface area (Å²) < 4.78 is 36.7. The Balaban J connectivity index is 2.58. The molecule has 88 valence electrons. The number of halogens is 3. The van der Waals surface area contributed by atoms with Gasteiger partial charge in [-0.1, -0.05) is 24.3 Å². The van der Waals surface area contributed by atoms with Crippen molar-refractivity contribution in [2.24, 2.45) is 5.90 Å². The lowest BCUT2D eigenvalue weighted by molar-refractivity contribution is -0.137. The van der Waals surface area contributed by atoms with E-state index in [1.54, 1.807) is 12.2 Å². The maximum Gasteiger partial charge on any atom is 0.416 e. The number of alkyl halides is 3. The molecule has 16 heavy (non-hydrogen) atoms. The summed E-state index contributed by atoms with van der Waals surface area (Å²) in [5.41, 5.74) is 0.173. The van der Waals surface area contributed by atoms with E-state index < -0.39 is 11.7 Å². The Hall–Kier alpha value is -1.33. The first-order chi connectivity index (χ1) is 7.54. The smallest absolute Gasteiger partial charge is 0.300 e. The molecule has 0 spiro atoms. The van der Waals surface area contributed by atoms with Gasteiger partial charge in [0.15, 0.2) is 0 Å². The van der Waals surface area contributed by atoms with Crippen molar-refractivity contribution in [1.29, 1.82) is 0 Å². The standard InChI is InChI=1S/C11H12F3NO/c12-11(13,14)10-6-4-9(5-7-10)3-1-2-8-16-15/h1-2,4-7H,3,8,15H2/b2-1+. The molecule has 0 atom stereocenters. The molecule has 1 aromatic carbocycles. The summed E-state index contributed by atoms with van der Waals surface area (Å²) in [6.07, 6.45) is -0.226. The summed E-state index contributed by atoms with van der Waals surface area (Å²) in [5.74, 6) is 4.80. The fraction of sp³-hybridized carbons (Fsp3) is 0.273. The third-order valence-corrected chi connectivity index (χ3v) is 1.99. The van der Waals surface area contributed by atoms with Crippen LogP contribution in [0.4, 0.5) is 13.2 Å². The highest BCUT2D eigenvalue weighted by Gasteiger charge is 2.29. The zero-order valence-corrected chi connectivity index (χ0v) is 8.50. The zero-order chi connectivity index (χ0) is 12.0. The normalized spacial score (nSPS) is 12.2. The molecule has 1 aromatic rings. The summed E-state index contributed by atoms with van der Waals surface area (Å²) in [6.45, 7) is 0.292. The molecule has 0 fully saturated rings. The van der Waals surface area contributed by atoms with Crippen LogP contribution in [0.5, 0.6) is 0 Å². The number of hydrogen-bond acceptors (Lipinski definition) is 2. The van der Waals surface area contributed by atoms with Crippen molar-refractivity contribution in [2.45, 2.75) is 12.6 Å². The third-order valence-electron chi connectivity index (χ3n) is 1.99. The molecule has 0 saturated heterocycles. The van der Waals surface area contributed by atoms with E-state index in [0.717, 1.165) is 17.7 Å². The Labute approximate surface area is 91.5 Å². The molecule has 1 rings (SSSR count). The van der Waals surface area contributed by atoms with Gasteiger partial charge in [-0.15, -0.1) is 0 Å². The van der Waals surface area contributed by atoms with Gasteiger partial charge in [0.05, 0.1) is 12.2 Å². The maximum atomic E-state index is 12.2. The summed E-state index contributed by atoms with van der Waals surface area (Å²) in [5, 5.41) is 0. The zero-order valence-electron chi connectivity index (χ0n) is 8.50. The Kier molecular flexibility index (Phi) is 4.52. The molecule has 0 heterocycles. The SMILES string of the molecule is NOC/C=C/Cc1ccc(C(F)(F)F)cc1. The van der Waals surface area contributed by atoms with Crippen LogP contribution in [0.2, 0.25) is 0 Å². The van der Waals surface area contributed by atoms with Crippen molar-refractivity contribution in [3.8, 4) is 0 Å². The van der Waals surface area contributed by atoms with Gasteiger partial charge in [-0.25, -0.2) is 5.90 Å². The molecule has 0 amide bonds. The minimum Gasteiger partial charge on any atom is -0.300 e. The van der Waals surface area contributed by atoms with Crippen molar-refractivity contribution in [3.63, 3.8) is 0 Å². The Morgan fingerprint density at radius 3 is 2.25 bits per heavy atom. The largest absolute Gasteiger partial charge is 0.416 e. The van der Waals surface area contributed by atoms with E-state index in [0.29, 0.717) is 13.0 Å². The fourth-order valence-corrected chi connectivity index (χ4v) is 1.17. The monoisotopic (exact) mass is 231 g/mol. The van der Waals surface area contributed by atoms with E-state index in [9.17, 15) is 13.2 Å². The minimum atomic E-state index is -4.28. The second-order valence-electron chi connectivity index (χ2n) is 3.20. The van der Waals surface area contributed by atoms with Crippen LogP contribution in [0.15, 0.2) is 36.4 Å². The quantitative estimate of drug-likeness (QED) is 0.638. The minimum absolute atomic E-state index is 0.292. The van der Waals surface area contributed by atoms with Crippen LogP contribution in [0, 0.1) is 0 Å². The number of nitrogens with two attached hydrogens (primary N) is 1. The summed E-state index contributed by atoms with van der Waals surface area (Å²) in [4.78, 5) is 4.31. The average Bonchev–Trinajstić information content (AvgIpc) is 2.24. The van der Waals surface area contributed by atoms with E-state index in [2.05, 4.69) is 4.84 Å². The van der Waals surface area contributed by atoms with Gasteiger partial charge < -0.3 is 4.84 Å². The molecule has 0 bridgehead atoms. The molecule has 0 aliphatic heterocycles. The lowest BCUT2D eigenvalue weighted by Gasteiger charge is -2.06. The molecule has 0 aromatic heterocycles. The second kappa shape index (κ2) is 5.67. The van der Waals surface area contributed by atoms with Gasteiger partial charge >= 0.3 is 6.18 Å². The summed E-state index contributed by atoms with van der Waals surface area (Å²) in [7, 11) is 0. The first kappa shape index (κ1) is 12.7. The average molecular weight is 231 g/mol. The van der Waals surface area contributed by atoms with E-state index in [1.807, 2.05) is 0 Å². The van der Waals surface area contributed by atoms with Crippen LogP contribution in [0.1, 0.15) is 11.1 Å². The predicted molar refractivity (Wildman–Crippen MR) is 54.4 cm³/mol. The van der Waals surface area contributed by atoms with Crippen molar-refractivity contribution in [1.82, 2.24) is 0 Å². The van der Waals surface area contributed by atoms with E-state index in [-0.39, 0.29) is 0 Å². The fourth-order valence-electron chi connectivity index (χ4n) is 1.17. The van der Waals surface area contributed by atoms with Gasteiger partial charge in [-0.3, -0.25) is 0 Å². The van der Waals surface area contributed by atoms with Crippen LogP contribution in [0.25, 0.3) is 0 Å². The van der Waals surface area contributed by atoms with Crippen molar-refractivity contribution in [3.05, 3.63) is 47.5 Å². The number of allylic oxidation sites excluding steroid dienone is 1. The molecule has 2 N–H and O–H groups in total. The lowest BCUT2D eigenvalue weighted by atomic mass is 10.1. The molecule has 5 heteroatoms. The molecule has 2 nitrogen and oxygen atoms in total. The number of rotatable bonds is 4. The molecule has 0 unspecified atom stereocenters. The van der Waals surface area contributed by atoms with Crippen LogP contribution in [-0.4, -0.2) is 6.61 Å². The lowest BCUT2D eigenvalue weighted by Crippen LogP contribution is -2.04. The van der Waals surface area contributed by atoms with Crippen molar-refractivity contribution < 1.29 is 18.0 Å². The maximum absolute atomic E-state index is 12.2. The van der Waals surface area contributed by atoms with Gasteiger partial charge in [0.25, 0.3) is 0 Å².